The number of nitriles is 1. The van der Waals surface area contributed by atoms with Crippen molar-refractivity contribution in [2.75, 3.05) is 19.5 Å². The van der Waals surface area contributed by atoms with E-state index in [1.54, 1.807) is 12.1 Å². The average molecular weight is 359 g/mol. The molecule has 0 spiro atoms. The van der Waals surface area contributed by atoms with Crippen LogP contribution in [0.5, 0.6) is 17.2 Å². The summed E-state index contributed by atoms with van der Waals surface area (Å²) < 4.78 is 10.3. The molecule has 2 aromatic carbocycles. The third-order valence-electron chi connectivity index (χ3n) is 3.29. The largest absolute Gasteiger partial charge is 0.508 e. The summed E-state index contributed by atoms with van der Waals surface area (Å²) in [7, 11) is 2.96. The molecule has 6 nitrogen and oxygen atoms in total. The minimum Gasteiger partial charge on any atom is -0.508 e. The maximum atomic E-state index is 12.3. The molecule has 0 unspecified atom stereocenters. The predicted molar refractivity (Wildman–Crippen MR) is 94.9 cm³/mol. The standard InChI is InChI=1S/C18H15ClN2O4/c1-24-16-8-11(15(19)9-17(16)25-2)7-12(10-20)18(23)21-13-3-5-14(22)6-4-13/h3-9,22H,1-2H3,(H,21,23)/b12-7-. The molecule has 25 heavy (non-hydrogen) atoms. The second-order valence-corrected chi connectivity index (χ2v) is 5.31. The summed E-state index contributed by atoms with van der Waals surface area (Å²) in [5, 5.41) is 21.4. The molecule has 0 saturated heterocycles. The third-order valence-corrected chi connectivity index (χ3v) is 3.62. The van der Waals surface area contributed by atoms with Gasteiger partial charge in [0.1, 0.15) is 17.4 Å². The van der Waals surface area contributed by atoms with Crippen molar-refractivity contribution in [2.24, 2.45) is 0 Å². The highest BCUT2D eigenvalue weighted by atomic mass is 35.5. The second kappa shape index (κ2) is 8.08. The zero-order valence-corrected chi connectivity index (χ0v) is 14.3. The molecule has 1 amide bonds. The van der Waals surface area contributed by atoms with E-state index in [1.807, 2.05) is 6.07 Å². The fraction of sp³-hybridized carbons (Fsp3) is 0.111. The van der Waals surface area contributed by atoms with E-state index < -0.39 is 5.91 Å². The zero-order valence-electron chi connectivity index (χ0n) is 13.5. The number of carbonyl (C=O) groups excluding carboxylic acids is 1. The third kappa shape index (κ3) is 4.43. The molecular weight excluding hydrogens is 344 g/mol. The lowest BCUT2D eigenvalue weighted by molar-refractivity contribution is -0.112. The quantitative estimate of drug-likeness (QED) is 0.484. The van der Waals surface area contributed by atoms with E-state index in [0.717, 1.165) is 0 Å². The number of anilines is 1. The Morgan fingerprint density at radius 1 is 1.20 bits per heavy atom. The fourth-order valence-corrected chi connectivity index (χ4v) is 2.24. The smallest absolute Gasteiger partial charge is 0.266 e. The number of halogens is 1. The number of hydrogen-bond donors (Lipinski definition) is 2. The zero-order chi connectivity index (χ0) is 18.4. The highest BCUT2D eigenvalue weighted by Gasteiger charge is 2.13. The highest BCUT2D eigenvalue weighted by molar-refractivity contribution is 6.32. The Hall–Kier alpha value is -3.17. The van der Waals surface area contributed by atoms with Crippen molar-refractivity contribution in [2.45, 2.75) is 0 Å². The van der Waals surface area contributed by atoms with E-state index in [-0.39, 0.29) is 11.3 Å². The van der Waals surface area contributed by atoms with Crippen LogP contribution in [0, 0.1) is 11.3 Å². The van der Waals surface area contributed by atoms with Crippen molar-refractivity contribution >= 4 is 29.3 Å². The maximum Gasteiger partial charge on any atom is 0.266 e. The molecule has 0 atom stereocenters. The number of carbonyl (C=O) groups is 1. The molecule has 2 N–H and O–H groups in total. The molecule has 0 heterocycles. The first-order valence-electron chi connectivity index (χ1n) is 7.12. The normalized spacial score (nSPS) is 10.7. The van der Waals surface area contributed by atoms with Crippen molar-refractivity contribution < 1.29 is 19.4 Å². The number of ether oxygens (including phenoxy) is 2. The van der Waals surface area contributed by atoms with E-state index >= 15 is 0 Å². The van der Waals surface area contributed by atoms with Gasteiger partial charge in [-0.1, -0.05) is 11.6 Å². The van der Waals surface area contributed by atoms with Gasteiger partial charge in [-0.3, -0.25) is 4.79 Å². The number of hydrogen-bond acceptors (Lipinski definition) is 5. The molecule has 0 aliphatic rings. The van der Waals surface area contributed by atoms with Crippen LogP contribution < -0.4 is 14.8 Å². The highest BCUT2D eigenvalue weighted by Crippen LogP contribution is 2.34. The molecule has 7 heteroatoms. The summed E-state index contributed by atoms with van der Waals surface area (Å²) in [5.74, 6) is 0.344. The van der Waals surface area contributed by atoms with Gasteiger partial charge in [-0.05, 0) is 42.0 Å². The molecule has 0 aliphatic heterocycles. The summed E-state index contributed by atoms with van der Waals surface area (Å²) in [6.07, 6.45) is 1.36. The van der Waals surface area contributed by atoms with Crippen LogP contribution in [-0.2, 0) is 4.79 Å². The molecule has 0 aliphatic carbocycles. The number of amides is 1. The lowest BCUT2D eigenvalue weighted by atomic mass is 10.1. The Balaban J connectivity index is 2.32. The lowest BCUT2D eigenvalue weighted by Crippen LogP contribution is -2.13. The Kier molecular flexibility index (Phi) is 5.88. The van der Waals surface area contributed by atoms with Gasteiger partial charge >= 0.3 is 0 Å². The summed E-state index contributed by atoms with van der Waals surface area (Å²) in [6, 6.07) is 10.9. The number of rotatable bonds is 5. The molecule has 0 bridgehead atoms. The number of phenols is 1. The number of nitrogens with zero attached hydrogens (tertiary/aromatic N) is 1. The summed E-state index contributed by atoms with van der Waals surface area (Å²) in [5.41, 5.74) is 0.751. The first-order chi connectivity index (χ1) is 12.0. The van der Waals surface area contributed by atoms with Crippen LogP contribution in [0.15, 0.2) is 42.0 Å². The molecule has 0 fully saturated rings. The van der Waals surface area contributed by atoms with Gasteiger partial charge in [-0.2, -0.15) is 5.26 Å². The summed E-state index contributed by atoms with van der Waals surface area (Å²) >= 11 is 6.17. The number of nitrogens with one attached hydrogen (secondary N) is 1. The first-order valence-corrected chi connectivity index (χ1v) is 7.50. The molecule has 2 aromatic rings. The van der Waals surface area contributed by atoms with Crippen LogP contribution in [-0.4, -0.2) is 25.2 Å². The molecule has 0 aromatic heterocycles. The minimum absolute atomic E-state index is 0.0751. The first kappa shape index (κ1) is 18.2. The Labute approximate surface area is 149 Å². The van der Waals surface area contributed by atoms with Crippen molar-refractivity contribution in [3.63, 3.8) is 0 Å². The van der Waals surface area contributed by atoms with Gasteiger partial charge in [0, 0.05) is 11.8 Å². The number of benzene rings is 2. The van der Waals surface area contributed by atoms with Crippen LogP contribution in [0.2, 0.25) is 5.02 Å². The van der Waals surface area contributed by atoms with Gasteiger partial charge < -0.3 is 19.9 Å². The van der Waals surface area contributed by atoms with Gasteiger partial charge in [0.25, 0.3) is 5.91 Å². The van der Waals surface area contributed by atoms with Crippen molar-refractivity contribution in [3.05, 3.63) is 52.6 Å². The monoisotopic (exact) mass is 358 g/mol. The fourth-order valence-electron chi connectivity index (χ4n) is 2.03. The number of aromatic hydroxyl groups is 1. The summed E-state index contributed by atoms with van der Waals surface area (Å²) in [6.45, 7) is 0. The van der Waals surface area contributed by atoms with Gasteiger partial charge in [-0.25, -0.2) is 0 Å². The van der Waals surface area contributed by atoms with E-state index in [2.05, 4.69) is 5.32 Å². The Bertz CT molecular complexity index is 855. The summed E-state index contributed by atoms with van der Waals surface area (Å²) in [4.78, 5) is 12.3. The lowest BCUT2D eigenvalue weighted by Gasteiger charge is -2.10. The topological polar surface area (TPSA) is 91.6 Å². The predicted octanol–water partition coefficient (Wildman–Crippen LogP) is 3.61. The van der Waals surface area contributed by atoms with E-state index in [0.29, 0.717) is 27.8 Å². The van der Waals surface area contributed by atoms with Gasteiger partial charge in [0.2, 0.25) is 0 Å². The molecule has 0 radical (unpaired) electrons. The van der Waals surface area contributed by atoms with Crippen LogP contribution in [0.25, 0.3) is 6.08 Å². The SMILES string of the molecule is COc1cc(Cl)c(/C=C(/C#N)C(=O)Nc2ccc(O)cc2)cc1OC. The van der Waals surface area contributed by atoms with Crippen LogP contribution in [0.3, 0.4) is 0 Å². The maximum absolute atomic E-state index is 12.3. The van der Waals surface area contributed by atoms with E-state index in [1.165, 1.54) is 44.6 Å². The molecule has 2 rings (SSSR count). The minimum atomic E-state index is -0.598. The average Bonchev–Trinajstić information content (AvgIpc) is 2.62. The number of methoxy groups -OCH3 is 2. The van der Waals surface area contributed by atoms with E-state index in [9.17, 15) is 15.2 Å². The molecule has 128 valence electrons. The van der Waals surface area contributed by atoms with Crippen molar-refractivity contribution in [1.29, 1.82) is 5.26 Å². The van der Waals surface area contributed by atoms with Crippen molar-refractivity contribution in [1.82, 2.24) is 0 Å². The number of phenolic OH excluding ortho intramolecular Hbond substituents is 1. The van der Waals surface area contributed by atoms with Gasteiger partial charge in [0.05, 0.1) is 19.2 Å². The van der Waals surface area contributed by atoms with Crippen LogP contribution in [0.1, 0.15) is 5.56 Å². The van der Waals surface area contributed by atoms with Gasteiger partial charge in [0.15, 0.2) is 11.5 Å². The van der Waals surface area contributed by atoms with Crippen LogP contribution in [0.4, 0.5) is 5.69 Å². The molecule has 0 saturated carbocycles. The van der Waals surface area contributed by atoms with Gasteiger partial charge in [-0.15, -0.1) is 0 Å². The Morgan fingerprint density at radius 3 is 2.36 bits per heavy atom. The Morgan fingerprint density at radius 2 is 1.80 bits per heavy atom. The molecular formula is C18H15ClN2O4. The van der Waals surface area contributed by atoms with Crippen LogP contribution >= 0.6 is 11.6 Å². The van der Waals surface area contributed by atoms with E-state index in [4.69, 9.17) is 21.1 Å². The van der Waals surface area contributed by atoms with Crippen molar-refractivity contribution in [3.8, 4) is 23.3 Å². The second-order valence-electron chi connectivity index (χ2n) is 4.90.